The fraction of sp³-hybridized carbons (Fsp3) is 0.280. The molecule has 3 aromatic rings. The van der Waals surface area contributed by atoms with Crippen molar-refractivity contribution in [1.82, 2.24) is 4.90 Å². The van der Waals surface area contributed by atoms with Crippen LogP contribution < -0.4 is 0 Å². The summed E-state index contributed by atoms with van der Waals surface area (Å²) in [6.45, 7) is 2.83. The molecule has 0 aliphatic carbocycles. The number of aliphatic hydroxyl groups is 2. The third kappa shape index (κ3) is 6.31. The second-order valence-electron chi connectivity index (χ2n) is 7.67. The van der Waals surface area contributed by atoms with Gasteiger partial charge >= 0.3 is 0 Å². The van der Waals surface area contributed by atoms with Crippen molar-refractivity contribution in [2.75, 3.05) is 13.1 Å². The van der Waals surface area contributed by atoms with Crippen LogP contribution in [0.2, 0.25) is 5.02 Å². The van der Waals surface area contributed by atoms with Gasteiger partial charge in [-0.1, -0.05) is 66.2 Å². The van der Waals surface area contributed by atoms with Gasteiger partial charge in [0.15, 0.2) is 0 Å². The van der Waals surface area contributed by atoms with Crippen LogP contribution in [0.4, 0.5) is 0 Å². The SMILES string of the molecule is C[C@H](Cc1ccc(O)cc1)N(C[C@@H](O)c1ccccc1)C[C@H](O)c1cccc(Cl)c1. The number of hydrogen-bond acceptors (Lipinski definition) is 4. The van der Waals surface area contributed by atoms with E-state index < -0.39 is 12.2 Å². The van der Waals surface area contributed by atoms with Crippen molar-refractivity contribution in [2.24, 2.45) is 0 Å². The lowest BCUT2D eigenvalue weighted by Gasteiger charge is -2.33. The van der Waals surface area contributed by atoms with Crippen molar-refractivity contribution in [3.8, 4) is 5.75 Å². The maximum Gasteiger partial charge on any atom is 0.115 e. The molecule has 5 heteroatoms. The monoisotopic (exact) mass is 425 g/mol. The van der Waals surface area contributed by atoms with Crippen LogP contribution in [-0.4, -0.2) is 39.4 Å². The number of nitrogens with zero attached hydrogens (tertiary/aromatic N) is 1. The van der Waals surface area contributed by atoms with E-state index in [9.17, 15) is 15.3 Å². The summed E-state index contributed by atoms with van der Waals surface area (Å²) >= 11 is 6.09. The number of benzene rings is 3. The summed E-state index contributed by atoms with van der Waals surface area (Å²) in [5, 5.41) is 31.7. The maximum atomic E-state index is 10.8. The van der Waals surface area contributed by atoms with Gasteiger partial charge in [-0.15, -0.1) is 0 Å². The molecule has 0 fully saturated rings. The minimum absolute atomic E-state index is 0.0572. The highest BCUT2D eigenvalue weighted by Crippen LogP contribution is 2.23. The Labute approximate surface area is 183 Å². The molecule has 0 spiro atoms. The van der Waals surface area contributed by atoms with Crippen LogP contribution in [0.3, 0.4) is 0 Å². The molecule has 0 saturated carbocycles. The van der Waals surface area contributed by atoms with E-state index in [4.69, 9.17) is 11.6 Å². The zero-order chi connectivity index (χ0) is 21.5. The number of rotatable bonds is 9. The van der Waals surface area contributed by atoms with Gasteiger partial charge in [-0.2, -0.15) is 0 Å². The Morgan fingerprint density at radius 2 is 1.40 bits per heavy atom. The Morgan fingerprint density at radius 1 is 0.800 bits per heavy atom. The second-order valence-corrected chi connectivity index (χ2v) is 8.11. The van der Waals surface area contributed by atoms with Crippen molar-refractivity contribution in [2.45, 2.75) is 31.6 Å². The molecular formula is C25H28ClNO3. The highest BCUT2D eigenvalue weighted by atomic mass is 35.5. The van der Waals surface area contributed by atoms with Gasteiger partial charge in [-0.05, 0) is 54.3 Å². The van der Waals surface area contributed by atoms with Crippen molar-refractivity contribution in [1.29, 1.82) is 0 Å². The Hall–Kier alpha value is -2.37. The second kappa shape index (κ2) is 10.6. The Kier molecular flexibility index (Phi) is 7.88. The van der Waals surface area contributed by atoms with Gasteiger partial charge in [0.1, 0.15) is 5.75 Å². The van der Waals surface area contributed by atoms with E-state index in [0.29, 0.717) is 18.1 Å². The Bertz CT molecular complexity index is 917. The molecule has 30 heavy (non-hydrogen) atoms. The van der Waals surface area contributed by atoms with Crippen LogP contribution in [0.1, 0.15) is 35.8 Å². The first-order chi connectivity index (χ1) is 14.4. The third-order valence-electron chi connectivity index (χ3n) is 5.32. The van der Waals surface area contributed by atoms with Crippen LogP contribution in [-0.2, 0) is 6.42 Å². The molecular weight excluding hydrogens is 398 g/mol. The lowest BCUT2D eigenvalue weighted by atomic mass is 10.0. The Balaban J connectivity index is 1.76. The van der Waals surface area contributed by atoms with Crippen LogP contribution in [0.5, 0.6) is 5.75 Å². The smallest absolute Gasteiger partial charge is 0.115 e. The lowest BCUT2D eigenvalue weighted by Crippen LogP contribution is -2.40. The molecule has 0 unspecified atom stereocenters. The van der Waals surface area contributed by atoms with Crippen molar-refractivity contribution >= 4 is 11.6 Å². The fourth-order valence-corrected chi connectivity index (χ4v) is 3.78. The summed E-state index contributed by atoms with van der Waals surface area (Å²) in [4.78, 5) is 2.09. The van der Waals surface area contributed by atoms with Crippen molar-refractivity contribution < 1.29 is 15.3 Å². The quantitative estimate of drug-likeness (QED) is 0.463. The highest BCUT2D eigenvalue weighted by molar-refractivity contribution is 6.30. The molecule has 0 heterocycles. The molecule has 0 radical (unpaired) electrons. The minimum Gasteiger partial charge on any atom is -0.508 e. The molecule has 3 rings (SSSR count). The lowest BCUT2D eigenvalue weighted by molar-refractivity contribution is 0.0480. The number of aliphatic hydroxyl groups excluding tert-OH is 2. The van der Waals surface area contributed by atoms with E-state index >= 15 is 0 Å². The summed E-state index contributed by atoms with van der Waals surface area (Å²) in [6.07, 6.45) is -0.668. The van der Waals surface area contributed by atoms with E-state index in [1.165, 1.54) is 0 Å². The van der Waals surface area contributed by atoms with Gasteiger partial charge in [-0.25, -0.2) is 0 Å². The van der Waals surface area contributed by atoms with E-state index in [1.54, 1.807) is 24.3 Å². The van der Waals surface area contributed by atoms with Gasteiger partial charge in [0.2, 0.25) is 0 Å². The first kappa shape index (κ1) is 22.3. The average Bonchev–Trinajstić information content (AvgIpc) is 2.75. The molecule has 0 aliphatic rings. The van der Waals surface area contributed by atoms with Crippen LogP contribution in [0.15, 0.2) is 78.9 Å². The summed E-state index contributed by atoms with van der Waals surface area (Å²) in [5.74, 6) is 0.235. The van der Waals surface area contributed by atoms with E-state index in [-0.39, 0.29) is 11.8 Å². The summed E-state index contributed by atoms with van der Waals surface area (Å²) in [7, 11) is 0. The zero-order valence-corrected chi connectivity index (χ0v) is 17.8. The summed E-state index contributed by atoms with van der Waals surface area (Å²) in [5.41, 5.74) is 2.67. The van der Waals surface area contributed by atoms with E-state index in [2.05, 4.69) is 11.8 Å². The molecule has 158 valence electrons. The topological polar surface area (TPSA) is 63.9 Å². The minimum atomic E-state index is -0.728. The summed E-state index contributed by atoms with van der Waals surface area (Å²) in [6, 6.07) is 24.0. The van der Waals surface area contributed by atoms with Crippen LogP contribution in [0, 0.1) is 0 Å². The van der Waals surface area contributed by atoms with Crippen molar-refractivity contribution in [3.05, 3.63) is 101 Å². The number of halogens is 1. The van der Waals surface area contributed by atoms with Gasteiger partial charge in [0.25, 0.3) is 0 Å². The normalized spacial score (nSPS) is 14.4. The summed E-state index contributed by atoms with van der Waals surface area (Å²) < 4.78 is 0. The molecule has 0 bridgehead atoms. The molecule has 4 nitrogen and oxygen atoms in total. The van der Waals surface area contributed by atoms with E-state index in [1.807, 2.05) is 54.6 Å². The predicted octanol–water partition coefficient (Wildman–Crippen LogP) is 4.75. The largest absolute Gasteiger partial charge is 0.508 e. The molecule has 3 atom stereocenters. The number of hydrogen-bond donors (Lipinski definition) is 3. The highest BCUT2D eigenvalue weighted by Gasteiger charge is 2.23. The molecule has 0 aliphatic heterocycles. The third-order valence-corrected chi connectivity index (χ3v) is 5.56. The standard InChI is InChI=1S/C25H28ClNO3/c1-18(14-19-10-12-23(28)13-11-19)27(16-24(29)20-6-3-2-4-7-20)17-25(30)21-8-5-9-22(26)15-21/h2-13,15,18,24-25,28-30H,14,16-17H2,1H3/t18-,24-,25+/m1/s1. The first-order valence-corrected chi connectivity index (χ1v) is 10.5. The molecule has 3 N–H and O–H groups in total. The molecule has 0 amide bonds. The number of phenols is 1. The molecule has 0 saturated heterocycles. The maximum absolute atomic E-state index is 10.8. The first-order valence-electron chi connectivity index (χ1n) is 10.1. The van der Waals surface area contributed by atoms with Gasteiger partial charge in [-0.3, -0.25) is 4.90 Å². The van der Waals surface area contributed by atoms with Gasteiger partial charge < -0.3 is 15.3 Å². The predicted molar refractivity (Wildman–Crippen MR) is 121 cm³/mol. The molecule has 0 aromatic heterocycles. The van der Waals surface area contributed by atoms with E-state index in [0.717, 1.165) is 23.1 Å². The van der Waals surface area contributed by atoms with Crippen LogP contribution >= 0.6 is 11.6 Å². The number of aromatic hydroxyl groups is 1. The Morgan fingerprint density at radius 3 is 2.03 bits per heavy atom. The number of phenolic OH excluding ortho intramolecular Hbond substituents is 1. The fourth-order valence-electron chi connectivity index (χ4n) is 3.58. The van der Waals surface area contributed by atoms with Gasteiger partial charge in [0.05, 0.1) is 12.2 Å². The van der Waals surface area contributed by atoms with Crippen LogP contribution in [0.25, 0.3) is 0 Å². The van der Waals surface area contributed by atoms with Gasteiger partial charge in [0, 0.05) is 24.2 Å². The van der Waals surface area contributed by atoms with Crippen molar-refractivity contribution in [3.63, 3.8) is 0 Å². The zero-order valence-electron chi connectivity index (χ0n) is 17.0. The molecule has 3 aromatic carbocycles. The average molecular weight is 426 g/mol.